The molecule has 8 nitrogen and oxygen atoms in total. The monoisotopic (exact) mass is 474 g/mol. The molecule has 3 rings (SSSR count). The summed E-state index contributed by atoms with van der Waals surface area (Å²) in [4.78, 5) is 32.9. The van der Waals surface area contributed by atoms with E-state index < -0.39 is 0 Å². The SMILES string of the molecule is CCN(CC)CCNC(=O)[C@@H](C1CCCC1)N1CCN(C(=O)c2ccc(OC)c(OC)c2)CC1. The van der Waals surface area contributed by atoms with Gasteiger partial charge in [0.2, 0.25) is 5.91 Å². The van der Waals surface area contributed by atoms with Crippen molar-refractivity contribution in [1.29, 1.82) is 0 Å². The van der Waals surface area contributed by atoms with Gasteiger partial charge in [-0.05, 0) is 50.0 Å². The molecular formula is C26H42N4O4. The van der Waals surface area contributed by atoms with Crippen molar-refractivity contribution in [3.05, 3.63) is 23.8 Å². The van der Waals surface area contributed by atoms with Crippen LogP contribution in [0.15, 0.2) is 18.2 Å². The van der Waals surface area contributed by atoms with Gasteiger partial charge in [0.25, 0.3) is 5.91 Å². The highest BCUT2D eigenvalue weighted by Gasteiger charge is 2.37. The van der Waals surface area contributed by atoms with Gasteiger partial charge >= 0.3 is 0 Å². The van der Waals surface area contributed by atoms with Gasteiger partial charge in [0.05, 0.1) is 20.3 Å². The van der Waals surface area contributed by atoms with Crippen LogP contribution in [0.4, 0.5) is 0 Å². The lowest BCUT2D eigenvalue weighted by atomic mass is 9.95. The van der Waals surface area contributed by atoms with Crippen LogP contribution in [0.5, 0.6) is 11.5 Å². The fourth-order valence-corrected chi connectivity index (χ4v) is 5.29. The molecule has 1 aromatic rings. The Bertz CT molecular complexity index is 800. The first kappa shape index (κ1) is 26.3. The Morgan fingerprint density at radius 1 is 1.03 bits per heavy atom. The summed E-state index contributed by atoms with van der Waals surface area (Å²) >= 11 is 0. The second-order valence-corrected chi connectivity index (χ2v) is 9.21. The van der Waals surface area contributed by atoms with E-state index in [1.165, 1.54) is 12.8 Å². The zero-order valence-electron chi connectivity index (χ0n) is 21.3. The van der Waals surface area contributed by atoms with Gasteiger partial charge in [0, 0.05) is 44.8 Å². The van der Waals surface area contributed by atoms with E-state index in [2.05, 4.69) is 29.0 Å². The van der Waals surface area contributed by atoms with Crippen LogP contribution in [0.3, 0.4) is 0 Å². The summed E-state index contributed by atoms with van der Waals surface area (Å²) in [5, 5.41) is 3.21. The van der Waals surface area contributed by atoms with Crippen molar-refractivity contribution in [2.45, 2.75) is 45.6 Å². The maximum atomic E-state index is 13.3. The molecule has 0 spiro atoms. The summed E-state index contributed by atoms with van der Waals surface area (Å²) in [6.45, 7) is 10.5. The van der Waals surface area contributed by atoms with Gasteiger partial charge in [0.1, 0.15) is 0 Å². The molecule has 2 aliphatic rings. The minimum atomic E-state index is -0.0995. The molecule has 1 atom stereocenters. The number of ether oxygens (including phenoxy) is 2. The molecule has 8 heteroatoms. The van der Waals surface area contributed by atoms with Gasteiger partial charge < -0.3 is 24.6 Å². The van der Waals surface area contributed by atoms with Gasteiger partial charge in [-0.1, -0.05) is 26.7 Å². The van der Waals surface area contributed by atoms with Gasteiger partial charge in [-0.3, -0.25) is 14.5 Å². The fraction of sp³-hybridized carbons (Fsp3) is 0.692. The topological polar surface area (TPSA) is 74.4 Å². The van der Waals surface area contributed by atoms with Crippen LogP contribution in [-0.4, -0.2) is 99.1 Å². The van der Waals surface area contributed by atoms with Crippen molar-refractivity contribution < 1.29 is 19.1 Å². The van der Waals surface area contributed by atoms with E-state index in [9.17, 15) is 9.59 Å². The van der Waals surface area contributed by atoms with Crippen LogP contribution < -0.4 is 14.8 Å². The number of carbonyl (C=O) groups excluding carboxylic acids is 2. The second-order valence-electron chi connectivity index (χ2n) is 9.21. The van der Waals surface area contributed by atoms with E-state index in [0.29, 0.717) is 55.7 Å². The Morgan fingerprint density at radius 3 is 2.26 bits per heavy atom. The van der Waals surface area contributed by atoms with Crippen molar-refractivity contribution in [2.24, 2.45) is 5.92 Å². The van der Waals surface area contributed by atoms with Crippen molar-refractivity contribution >= 4 is 11.8 Å². The summed E-state index contributed by atoms with van der Waals surface area (Å²) in [7, 11) is 3.15. The van der Waals surface area contributed by atoms with Crippen LogP contribution >= 0.6 is 0 Å². The van der Waals surface area contributed by atoms with Crippen LogP contribution in [0, 0.1) is 5.92 Å². The molecule has 0 bridgehead atoms. The number of piperazine rings is 1. The number of nitrogens with zero attached hydrogens (tertiary/aromatic N) is 3. The normalized spacial score (nSPS) is 18.2. The first-order chi connectivity index (χ1) is 16.5. The summed E-state index contributed by atoms with van der Waals surface area (Å²) in [5.41, 5.74) is 0.590. The summed E-state index contributed by atoms with van der Waals surface area (Å²) in [5.74, 6) is 1.70. The summed E-state index contributed by atoms with van der Waals surface area (Å²) in [6.07, 6.45) is 4.62. The predicted molar refractivity (Wildman–Crippen MR) is 134 cm³/mol. The van der Waals surface area contributed by atoms with Crippen molar-refractivity contribution in [2.75, 3.05) is 66.6 Å². The third kappa shape index (κ3) is 6.42. The average Bonchev–Trinajstić information content (AvgIpc) is 3.40. The van der Waals surface area contributed by atoms with E-state index in [4.69, 9.17) is 9.47 Å². The lowest BCUT2D eigenvalue weighted by Crippen LogP contribution is -2.58. The Labute approximate surface area is 204 Å². The lowest BCUT2D eigenvalue weighted by Gasteiger charge is -2.41. The number of nitrogens with one attached hydrogen (secondary N) is 1. The molecule has 2 amide bonds. The minimum absolute atomic E-state index is 0.0123. The third-order valence-corrected chi connectivity index (χ3v) is 7.36. The molecule has 1 N–H and O–H groups in total. The minimum Gasteiger partial charge on any atom is -0.493 e. The molecule has 1 aromatic carbocycles. The zero-order chi connectivity index (χ0) is 24.5. The van der Waals surface area contributed by atoms with E-state index in [-0.39, 0.29) is 17.9 Å². The van der Waals surface area contributed by atoms with E-state index in [1.807, 2.05) is 4.90 Å². The van der Waals surface area contributed by atoms with Crippen LogP contribution in [0.25, 0.3) is 0 Å². The van der Waals surface area contributed by atoms with Gasteiger partial charge in [-0.15, -0.1) is 0 Å². The molecule has 1 aliphatic carbocycles. The Kier molecular flexibility index (Phi) is 10.0. The van der Waals surface area contributed by atoms with Crippen molar-refractivity contribution in [3.8, 4) is 11.5 Å². The first-order valence-electron chi connectivity index (χ1n) is 12.8. The molecule has 0 unspecified atom stereocenters. The largest absolute Gasteiger partial charge is 0.493 e. The number of amides is 2. The number of rotatable bonds is 11. The van der Waals surface area contributed by atoms with Gasteiger partial charge in [0.15, 0.2) is 11.5 Å². The highest BCUT2D eigenvalue weighted by Crippen LogP contribution is 2.32. The number of hydrogen-bond donors (Lipinski definition) is 1. The highest BCUT2D eigenvalue weighted by atomic mass is 16.5. The second kappa shape index (κ2) is 13.0. The Morgan fingerprint density at radius 2 is 1.68 bits per heavy atom. The van der Waals surface area contributed by atoms with Gasteiger partial charge in [-0.25, -0.2) is 0 Å². The fourth-order valence-electron chi connectivity index (χ4n) is 5.29. The number of methoxy groups -OCH3 is 2. The Hall–Kier alpha value is -2.32. The predicted octanol–water partition coefficient (Wildman–Crippen LogP) is 2.48. The van der Waals surface area contributed by atoms with E-state index in [1.54, 1.807) is 32.4 Å². The van der Waals surface area contributed by atoms with Crippen LogP contribution in [-0.2, 0) is 4.79 Å². The molecule has 34 heavy (non-hydrogen) atoms. The molecular weight excluding hydrogens is 432 g/mol. The van der Waals surface area contributed by atoms with Crippen molar-refractivity contribution in [3.63, 3.8) is 0 Å². The molecule has 1 aliphatic heterocycles. The van der Waals surface area contributed by atoms with E-state index >= 15 is 0 Å². The molecule has 1 saturated heterocycles. The number of hydrogen-bond acceptors (Lipinski definition) is 6. The van der Waals surface area contributed by atoms with Crippen molar-refractivity contribution in [1.82, 2.24) is 20.0 Å². The molecule has 190 valence electrons. The number of benzene rings is 1. The maximum absolute atomic E-state index is 13.3. The molecule has 1 heterocycles. The number of carbonyl (C=O) groups is 2. The van der Waals surface area contributed by atoms with Crippen LogP contribution in [0.2, 0.25) is 0 Å². The molecule has 1 saturated carbocycles. The standard InChI is InChI=1S/C26H42N4O4/c1-5-28(6-2)14-13-27-25(31)24(20-9-7-8-10-20)29-15-17-30(18-16-29)26(32)21-11-12-22(33-3)23(19-21)34-4/h11-12,19-20,24H,5-10,13-18H2,1-4H3,(H,27,31)/t24-/m1/s1. The molecule has 0 radical (unpaired) electrons. The maximum Gasteiger partial charge on any atom is 0.254 e. The van der Waals surface area contributed by atoms with Gasteiger partial charge in [-0.2, -0.15) is 0 Å². The first-order valence-corrected chi connectivity index (χ1v) is 12.8. The third-order valence-electron chi connectivity index (χ3n) is 7.36. The summed E-state index contributed by atoms with van der Waals surface area (Å²) < 4.78 is 10.6. The zero-order valence-corrected chi connectivity index (χ0v) is 21.3. The molecule has 2 fully saturated rings. The molecule has 0 aromatic heterocycles. The smallest absolute Gasteiger partial charge is 0.254 e. The summed E-state index contributed by atoms with van der Waals surface area (Å²) in [6, 6.07) is 5.18. The highest BCUT2D eigenvalue weighted by molar-refractivity contribution is 5.95. The lowest BCUT2D eigenvalue weighted by molar-refractivity contribution is -0.129. The van der Waals surface area contributed by atoms with E-state index in [0.717, 1.165) is 32.5 Å². The average molecular weight is 475 g/mol. The quantitative estimate of drug-likeness (QED) is 0.531. The number of likely N-dealkylation sites (N-methyl/N-ethyl adjacent to an activating group) is 1. The van der Waals surface area contributed by atoms with Crippen LogP contribution in [0.1, 0.15) is 49.9 Å². The Balaban J connectivity index is 1.60.